The fraction of sp³-hybridized carbons (Fsp3) is 0.500. The molecule has 2 rings (SSSR count). The molecule has 1 aromatic carbocycles. The van der Waals surface area contributed by atoms with E-state index in [1.807, 2.05) is 20.9 Å². The minimum Gasteiger partial charge on any atom is -0.485 e. The first-order valence-corrected chi connectivity index (χ1v) is 5.45. The summed E-state index contributed by atoms with van der Waals surface area (Å²) in [5.41, 5.74) is 0. The van der Waals surface area contributed by atoms with E-state index in [0.29, 0.717) is 0 Å². The van der Waals surface area contributed by atoms with E-state index in [1.165, 1.54) is 12.1 Å². The molecule has 90 valence electrons. The SMILES string of the molecule is CC.CN1CC(Oc2ccc(F)cc2F)C1. The van der Waals surface area contributed by atoms with Gasteiger partial charge in [0.2, 0.25) is 0 Å². The predicted octanol–water partition coefficient (Wildman–Crippen LogP) is 2.68. The van der Waals surface area contributed by atoms with Crippen molar-refractivity contribution >= 4 is 0 Å². The van der Waals surface area contributed by atoms with Crippen LogP contribution in [-0.2, 0) is 0 Å². The Morgan fingerprint density at radius 3 is 2.38 bits per heavy atom. The molecule has 0 aromatic heterocycles. The lowest BCUT2D eigenvalue weighted by atomic mass is 10.2. The van der Waals surface area contributed by atoms with E-state index in [4.69, 9.17) is 4.74 Å². The molecule has 1 heterocycles. The maximum atomic E-state index is 13.1. The van der Waals surface area contributed by atoms with Crippen LogP contribution in [0, 0.1) is 11.6 Å². The Bertz CT molecular complexity index is 338. The first kappa shape index (κ1) is 12.9. The number of nitrogens with zero attached hydrogens (tertiary/aromatic N) is 1. The van der Waals surface area contributed by atoms with Crippen LogP contribution in [-0.4, -0.2) is 31.1 Å². The van der Waals surface area contributed by atoms with Crippen molar-refractivity contribution in [3.8, 4) is 5.75 Å². The second kappa shape index (κ2) is 5.80. The average Bonchev–Trinajstić information content (AvgIpc) is 2.22. The molecule has 1 aliphatic rings. The fourth-order valence-electron chi connectivity index (χ4n) is 1.47. The molecule has 0 aliphatic carbocycles. The molecule has 1 aliphatic heterocycles. The maximum absolute atomic E-state index is 13.1. The summed E-state index contributed by atoms with van der Waals surface area (Å²) in [6, 6.07) is 3.35. The van der Waals surface area contributed by atoms with Gasteiger partial charge in [-0.15, -0.1) is 0 Å². The third-order valence-corrected chi connectivity index (χ3v) is 2.22. The first-order chi connectivity index (χ1) is 7.65. The van der Waals surface area contributed by atoms with Crippen LogP contribution in [0.15, 0.2) is 18.2 Å². The highest BCUT2D eigenvalue weighted by Gasteiger charge is 2.25. The summed E-state index contributed by atoms with van der Waals surface area (Å²) in [6.07, 6.45) is 0.0277. The normalized spacial score (nSPS) is 16.1. The second-order valence-corrected chi connectivity index (χ2v) is 3.54. The highest BCUT2D eigenvalue weighted by molar-refractivity contribution is 5.25. The molecule has 0 atom stereocenters. The Balaban J connectivity index is 0.000000606. The van der Waals surface area contributed by atoms with Crippen molar-refractivity contribution in [3.63, 3.8) is 0 Å². The lowest BCUT2D eigenvalue weighted by molar-refractivity contribution is 0.0360. The average molecular weight is 229 g/mol. The summed E-state index contributed by atoms with van der Waals surface area (Å²) in [6.45, 7) is 5.58. The topological polar surface area (TPSA) is 12.5 Å². The van der Waals surface area contributed by atoms with Gasteiger partial charge in [0.25, 0.3) is 0 Å². The van der Waals surface area contributed by atoms with E-state index in [0.717, 1.165) is 19.2 Å². The zero-order chi connectivity index (χ0) is 12.1. The van der Waals surface area contributed by atoms with Crippen molar-refractivity contribution in [1.82, 2.24) is 4.90 Å². The summed E-state index contributed by atoms with van der Waals surface area (Å²) in [7, 11) is 1.96. The summed E-state index contributed by atoms with van der Waals surface area (Å²) in [4.78, 5) is 2.06. The number of hydrogen-bond acceptors (Lipinski definition) is 2. The zero-order valence-corrected chi connectivity index (χ0v) is 9.84. The molecule has 0 N–H and O–H groups in total. The molecule has 16 heavy (non-hydrogen) atoms. The van der Waals surface area contributed by atoms with Crippen LogP contribution < -0.4 is 4.74 Å². The second-order valence-electron chi connectivity index (χ2n) is 3.54. The molecule has 0 spiro atoms. The Morgan fingerprint density at radius 2 is 1.88 bits per heavy atom. The molecule has 2 nitrogen and oxygen atoms in total. The van der Waals surface area contributed by atoms with Crippen LogP contribution in [0.25, 0.3) is 0 Å². The van der Waals surface area contributed by atoms with E-state index >= 15 is 0 Å². The smallest absolute Gasteiger partial charge is 0.167 e. The van der Waals surface area contributed by atoms with Gasteiger partial charge in [-0.3, -0.25) is 4.90 Å². The number of rotatable bonds is 2. The Labute approximate surface area is 94.8 Å². The van der Waals surface area contributed by atoms with Gasteiger partial charge in [0.1, 0.15) is 11.9 Å². The molecule has 4 heteroatoms. The monoisotopic (exact) mass is 229 g/mol. The Kier molecular flexibility index (Phi) is 4.68. The van der Waals surface area contributed by atoms with Crippen molar-refractivity contribution in [2.24, 2.45) is 0 Å². The summed E-state index contributed by atoms with van der Waals surface area (Å²) >= 11 is 0. The molecule has 1 fully saturated rings. The van der Waals surface area contributed by atoms with Crippen molar-refractivity contribution in [2.45, 2.75) is 20.0 Å². The molecular formula is C12H17F2NO. The number of halogens is 2. The number of likely N-dealkylation sites (N-methyl/N-ethyl adjacent to an activating group) is 1. The number of hydrogen-bond donors (Lipinski definition) is 0. The molecule has 0 radical (unpaired) electrons. The van der Waals surface area contributed by atoms with Gasteiger partial charge in [-0.2, -0.15) is 0 Å². The summed E-state index contributed by atoms with van der Waals surface area (Å²) in [5.74, 6) is -1.09. The van der Waals surface area contributed by atoms with Gasteiger partial charge in [0.05, 0.1) is 0 Å². The number of likely N-dealkylation sites (tertiary alicyclic amines) is 1. The molecule has 0 amide bonds. The van der Waals surface area contributed by atoms with E-state index in [2.05, 4.69) is 4.90 Å². The molecule has 0 bridgehead atoms. The summed E-state index contributed by atoms with van der Waals surface area (Å²) in [5, 5.41) is 0. The zero-order valence-electron chi connectivity index (χ0n) is 9.84. The molecule has 0 unspecified atom stereocenters. The van der Waals surface area contributed by atoms with Crippen LogP contribution in [0.1, 0.15) is 13.8 Å². The van der Waals surface area contributed by atoms with Crippen LogP contribution in [0.4, 0.5) is 8.78 Å². The molecule has 1 aromatic rings. The van der Waals surface area contributed by atoms with Crippen LogP contribution in [0.3, 0.4) is 0 Å². The summed E-state index contributed by atoms with van der Waals surface area (Å²) < 4.78 is 31.0. The van der Waals surface area contributed by atoms with Crippen molar-refractivity contribution in [2.75, 3.05) is 20.1 Å². The van der Waals surface area contributed by atoms with Crippen molar-refractivity contribution in [3.05, 3.63) is 29.8 Å². The Morgan fingerprint density at radius 1 is 1.25 bits per heavy atom. The highest BCUT2D eigenvalue weighted by Crippen LogP contribution is 2.21. The number of benzene rings is 1. The van der Waals surface area contributed by atoms with Crippen molar-refractivity contribution < 1.29 is 13.5 Å². The largest absolute Gasteiger partial charge is 0.485 e. The van der Waals surface area contributed by atoms with Crippen LogP contribution in [0.2, 0.25) is 0 Å². The molecular weight excluding hydrogens is 212 g/mol. The van der Waals surface area contributed by atoms with Gasteiger partial charge >= 0.3 is 0 Å². The Hall–Kier alpha value is -1.16. The lowest BCUT2D eigenvalue weighted by Gasteiger charge is -2.35. The first-order valence-electron chi connectivity index (χ1n) is 5.45. The maximum Gasteiger partial charge on any atom is 0.167 e. The van der Waals surface area contributed by atoms with Gasteiger partial charge in [0, 0.05) is 19.2 Å². The predicted molar refractivity (Wildman–Crippen MR) is 59.6 cm³/mol. The van der Waals surface area contributed by atoms with Crippen molar-refractivity contribution in [1.29, 1.82) is 0 Å². The van der Waals surface area contributed by atoms with E-state index in [-0.39, 0.29) is 11.9 Å². The van der Waals surface area contributed by atoms with Gasteiger partial charge in [-0.05, 0) is 19.2 Å². The quantitative estimate of drug-likeness (QED) is 0.773. The molecule has 0 saturated carbocycles. The van der Waals surface area contributed by atoms with Crippen LogP contribution in [0.5, 0.6) is 5.75 Å². The van der Waals surface area contributed by atoms with E-state index in [9.17, 15) is 8.78 Å². The number of ether oxygens (including phenoxy) is 1. The molecule has 1 saturated heterocycles. The third kappa shape index (κ3) is 3.17. The van der Waals surface area contributed by atoms with E-state index < -0.39 is 11.6 Å². The highest BCUT2D eigenvalue weighted by atomic mass is 19.1. The van der Waals surface area contributed by atoms with Gasteiger partial charge in [0.15, 0.2) is 11.6 Å². The fourth-order valence-corrected chi connectivity index (χ4v) is 1.47. The third-order valence-electron chi connectivity index (χ3n) is 2.22. The standard InChI is InChI=1S/C10H11F2NO.C2H6/c1-13-5-8(6-13)14-10-3-2-7(11)4-9(10)12;1-2/h2-4,8H,5-6H2,1H3;1-2H3. The van der Waals surface area contributed by atoms with Gasteiger partial charge in [-0.1, -0.05) is 13.8 Å². The minimum absolute atomic E-state index is 0.0277. The minimum atomic E-state index is -0.639. The van der Waals surface area contributed by atoms with E-state index in [1.54, 1.807) is 0 Å². The lowest BCUT2D eigenvalue weighted by Crippen LogP contribution is -2.51. The van der Waals surface area contributed by atoms with Gasteiger partial charge < -0.3 is 4.74 Å². The van der Waals surface area contributed by atoms with Crippen LogP contribution >= 0.6 is 0 Å². The van der Waals surface area contributed by atoms with Gasteiger partial charge in [-0.25, -0.2) is 8.78 Å².